The second kappa shape index (κ2) is 10.9. The minimum atomic E-state index is 0.460. The Morgan fingerprint density at radius 3 is 2.76 bits per heavy atom. The molecule has 6 nitrogen and oxygen atoms in total. The Morgan fingerprint density at radius 2 is 1.97 bits per heavy atom. The second-order valence-corrected chi connectivity index (χ2v) is 6.59. The van der Waals surface area contributed by atoms with Gasteiger partial charge < -0.3 is 19.8 Å². The summed E-state index contributed by atoms with van der Waals surface area (Å²) in [4.78, 5) is 9.14. The molecule has 152 valence electrons. The summed E-state index contributed by atoms with van der Waals surface area (Å²) in [5.74, 6) is 2.29. The molecular weight excluding hydrogens is 364 g/mol. The molecule has 1 heterocycles. The summed E-state index contributed by atoms with van der Waals surface area (Å²) in [6.45, 7) is 4.14. The van der Waals surface area contributed by atoms with Crippen LogP contribution in [0, 0.1) is 0 Å². The first kappa shape index (κ1) is 20.5. The minimum absolute atomic E-state index is 0.460. The molecule has 0 aliphatic carbocycles. The number of aliphatic imine (C=N–C) groups is 1. The molecule has 0 radical (unpaired) electrons. The highest BCUT2D eigenvalue weighted by Crippen LogP contribution is 2.18. The predicted molar refractivity (Wildman–Crippen MR) is 116 cm³/mol. The molecule has 2 N–H and O–H groups in total. The fourth-order valence-corrected chi connectivity index (χ4v) is 2.92. The maximum absolute atomic E-state index is 5.58. The first-order valence-corrected chi connectivity index (χ1v) is 9.93. The van der Waals surface area contributed by atoms with Crippen molar-refractivity contribution in [1.29, 1.82) is 0 Å². The summed E-state index contributed by atoms with van der Waals surface area (Å²) < 4.78 is 10.9. The zero-order chi connectivity index (χ0) is 20.3. The lowest BCUT2D eigenvalue weighted by atomic mass is 10.1. The predicted octanol–water partition coefficient (Wildman–Crippen LogP) is 4.04. The number of oxazole rings is 1. The van der Waals surface area contributed by atoms with Gasteiger partial charge in [0.25, 0.3) is 0 Å². The molecule has 0 aliphatic rings. The van der Waals surface area contributed by atoms with Gasteiger partial charge in [0.05, 0.1) is 13.7 Å². The first-order chi connectivity index (χ1) is 14.3. The summed E-state index contributed by atoms with van der Waals surface area (Å²) in [5.41, 5.74) is 3.03. The number of guanidine groups is 1. The van der Waals surface area contributed by atoms with Crippen molar-refractivity contribution < 1.29 is 9.15 Å². The van der Waals surface area contributed by atoms with Crippen molar-refractivity contribution in [3.05, 3.63) is 72.1 Å². The molecule has 3 aromatic rings. The number of aromatic nitrogens is 1. The average molecular weight is 393 g/mol. The van der Waals surface area contributed by atoms with E-state index in [-0.39, 0.29) is 0 Å². The van der Waals surface area contributed by atoms with Gasteiger partial charge in [-0.25, -0.2) is 9.98 Å². The molecule has 0 spiro atoms. The van der Waals surface area contributed by atoms with E-state index in [0.29, 0.717) is 12.4 Å². The fourth-order valence-electron chi connectivity index (χ4n) is 2.92. The second-order valence-electron chi connectivity index (χ2n) is 6.59. The number of nitrogens with one attached hydrogen (secondary N) is 2. The maximum Gasteiger partial charge on any atom is 0.226 e. The monoisotopic (exact) mass is 392 g/mol. The Morgan fingerprint density at radius 1 is 1.10 bits per heavy atom. The molecule has 0 saturated carbocycles. The normalized spacial score (nSPS) is 11.3. The van der Waals surface area contributed by atoms with Crippen molar-refractivity contribution in [3.8, 4) is 17.2 Å². The summed E-state index contributed by atoms with van der Waals surface area (Å²) in [6, 6.07) is 18.1. The van der Waals surface area contributed by atoms with E-state index in [1.54, 1.807) is 13.4 Å². The highest BCUT2D eigenvalue weighted by atomic mass is 16.5. The molecule has 0 fully saturated rings. The van der Waals surface area contributed by atoms with E-state index in [1.807, 2.05) is 42.5 Å². The molecule has 1 aromatic heterocycles. The highest BCUT2D eigenvalue weighted by molar-refractivity contribution is 5.79. The topological polar surface area (TPSA) is 71.7 Å². The standard InChI is InChI=1S/C23H28N4O2/c1-3-24-23(25-14-8-10-18-9-7-13-21(15-18)28-2)26-16-20-17-29-22(27-20)19-11-5-4-6-12-19/h4-7,9,11-13,15,17H,3,8,10,14,16H2,1-2H3,(H2,24,25,26). The van der Waals surface area contributed by atoms with E-state index in [4.69, 9.17) is 9.15 Å². The smallest absolute Gasteiger partial charge is 0.226 e. The number of ether oxygens (including phenoxy) is 1. The number of hydrogen-bond acceptors (Lipinski definition) is 4. The van der Waals surface area contributed by atoms with Crippen molar-refractivity contribution in [2.24, 2.45) is 4.99 Å². The Hall–Kier alpha value is -3.28. The average Bonchev–Trinajstić information content (AvgIpc) is 3.25. The molecule has 0 atom stereocenters. The number of rotatable bonds is 9. The van der Waals surface area contributed by atoms with Crippen LogP contribution >= 0.6 is 0 Å². The first-order valence-electron chi connectivity index (χ1n) is 9.93. The van der Waals surface area contributed by atoms with Gasteiger partial charge in [-0.1, -0.05) is 30.3 Å². The van der Waals surface area contributed by atoms with Crippen LogP contribution in [0.4, 0.5) is 0 Å². The van der Waals surface area contributed by atoms with E-state index in [0.717, 1.165) is 48.9 Å². The number of methoxy groups -OCH3 is 1. The molecule has 6 heteroatoms. The molecule has 0 saturated heterocycles. The van der Waals surface area contributed by atoms with Gasteiger partial charge in [-0.3, -0.25) is 0 Å². The molecule has 29 heavy (non-hydrogen) atoms. The molecule has 0 aliphatic heterocycles. The fraction of sp³-hybridized carbons (Fsp3) is 0.304. The molecule has 0 bridgehead atoms. The van der Waals surface area contributed by atoms with Crippen LogP contribution < -0.4 is 15.4 Å². The van der Waals surface area contributed by atoms with Gasteiger partial charge in [-0.2, -0.15) is 0 Å². The zero-order valence-corrected chi connectivity index (χ0v) is 17.0. The van der Waals surface area contributed by atoms with Gasteiger partial charge in [0.1, 0.15) is 17.7 Å². The lowest BCUT2D eigenvalue weighted by Gasteiger charge is -2.11. The summed E-state index contributed by atoms with van der Waals surface area (Å²) >= 11 is 0. The number of aryl methyl sites for hydroxylation is 1. The molecule has 3 rings (SSSR count). The van der Waals surface area contributed by atoms with Crippen molar-refractivity contribution >= 4 is 5.96 Å². The number of hydrogen-bond donors (Lipinski definition) is 2. The van der Waals surface area contributed by atoms with Gasteiger partial charge in [0.15, 0.2) is 5.96 Å². The Kier molecular flexibility index (Phi) is 7.69. The van der Waals surface area contributed by atoms with Crippen LogP contribution in [0.15, 0.2) is 70.3 Å². The Labute approximate surface area is 172 Å². The Bertz CT molecular complexity index is 906. The summed E-state index contributed by atoms with van der Waals surface area (Å²) in [5, 5.41) is 6.65. The summed E-state index contributed by atoms with van der Waals surface area (Å²) in [6.07, 6.45) is 3.64. The highest BCUT2D eigenvalue weighted by Gasteiger charge is 2.06. The van der Waals surface area contributed by atoms with Crippen LogP contribution in [0.1, 0.15) is 24.6 Å². The van der Waals surface area contributed by atoms with Crippen molar-refractivity contribution in [1.82, 2.24) is 15.6 Å². The molecule has 2 aromatic carbocycles. The third-order valence-corrected chi connectivity index (χ3v) is 4.38. The summed E-state index contributed by atoms with van der Waals surface area (Å²) in [7, 11) is 1.69. The van der Waals surface area contributed by atoms with E-state index >= 15 is 0 Å². The van der Waals surface area contributed by atoms with Gasteiger partial charge in [0, 0.05) is 18.7 Å². The van der Waals surface area contributed by atoms with E-state index in [1.165, 1.54) is 5.56 Å². The maximum atomic E-state index is 5.58. The zero-order valence-electron chi connectivity index (χ0n) is 17.0. The quantitative estimate of drug-likeness (QED) is 0.327. The largest absolute Gasteiger partial charge is 0.497 e. The SMILES string of the molecule is CCNC(=NCc1coc(-c2ccccc2)n1)NCCCc1cccc(OC)c1. The van der Waals surface area contributed by atoms with Crippen molar-refractivity contribution in [2.45, 2.75) is 26.3 Å². The van der Waals surface area contributed by atoms with Crippen molar-refractivity contribution in [2.75, 3.05) is 20.2 Å². The minimum Gasteiger partial charge on any atom is -0.497 e. The molecule has 0 amide bonds. The molecule has 0 unspecified atom stereocenters. The van der Waals surface area contributed by atoms with Crippen LogP contribution in [-0.2, 0) is 13.0 Å². The van der Waals surface area contributed by atoms with Crippen LogP contribution in [-0.4, -0.2) is 31.1 Å². The third kappa shape index (κ3) is 6.38. The van der Waals surface area contributed by atoms with Crippen LogP contribution in [0.3, 0.4) is 0 Å². The third-order valence-electron chi connectivity index (χ3n) is 4.38. The van der Waals surface area contributed by atoms with Gasteiger partial charge in [-0.15, -0.1) is 0 Å². The van der Waals surface area contributed by atoms with E-state index in [2.05, 4.69) is 39.7 Å². The van der Waals surface area contributed by atoms with Gasteiger partial charge in [0.2, 0.25) is 5.89 Å². The van der Waals surface area contributed by atoms with E-state index < -0.39 is 0 Å². The van der Waals surface area contributed by atoms with Crippen LogP contribution in [0.25, 0.3) is 11.5 Å². The van der Waals surface area contributed by atoms with E-state index in [9.17, 15) is 0 Å². The van der Waals surface area contributed by atoms with Gasteiger partial charge in [-0.05, 0) is 49.6 Å². The number of nitrogens with zero attached hydrogens (tertiary/aromatic N) is 2. The lowest BCUT2D eigenvalue weighted by molar-refractivity contribution is 0.414. The number of benzene rings is 2. The molecular formula is C23H28N4O2. The Balaban J connectivity index is 1.50. The van der Waals surface area contributed by atoms with Crippen LogP contribution in [0.2, 0.25) is 0 Å². The van der Waals surface area contributed by atoms with Crippen molar-refractivity contribution in [3.63, 3.8) is 0 Å². The van der Waals surface area contributed by atoms with Crippen LogP contribution in [0.5, 0.6) is 5.75 Å². The lowest BCUT2D eigenvalue weighted by Crippen LogP contribution is -2.37. The van der Waals surface area contributed by atoms with Gasteiger partial charge >= 0.3 is 0 Å².